The minimum Gasteiger partial charge on any atom is -0.398 e. The molecular formula is C13H18BrClN2O3S. The highest BCUT2D eigenvalue weighted by atomic mass is 79.9. The monoisotopic (exact) mass is 396 g/mol. The van der Waals surface area contributed by atoms with Gasteiger partial charge in [-0.25, -0.2) is 8.42 Å². The summed E-state index contributed by atoms with van der Waals surface area (Å²) < 4.78 is 27.6. The van der Waals surface area contributed by atoms with Crippen molar-refractivity contribution in [3.8, 4) is 0 Å². The molecular weight excluding hydrogens is 380 g/mol. The summed E-state index contributed by atoms with van der Waals surface area (Å²) in [5, 5.41) is 9.43. The number of anilines is 1. The fourth-order valence-electron chi connectivity index (χ4n) is 2.63. The Morgan fingerprint density at radius 1 is 1.43 bits per heavy atom. The summed E-state index contributed by atoms with van der Waals surface area (Å²) in [7, 11) is -3.70. The minimum atomic E-state index is -3.70. The molecule has 1 heterocycles. The number of hydrogen-bond acceptors (Lipinski definition) is 4. The first kappa shape index (κ1) is 17.0. The molecule has 5 nitrogen and oxygen atoms in total. The van der Waals surface area contributed by atoms with E-state index in [4.69, 9.17) is 22.4 Å². The van der Waals surface area contributed by atoms with Crippen molar-refractivity contribution in [2.24, 2.45) is 0 Å². The van der Waals surface area contributed by atoms with Crippen LogP contribution in [-0.2, 0) is 10.0 Å². The number of piperidine rings is 1. The molecule has 1 unspecified atom stereocenters. The van der Waals surface area contributed by atoms with E-state index in [1.54, 1.807) is 0 Å². The van der Waals surface area contributed by atoms with Crippen molar-refractivity contribution >= 4 is 43.2 Å². The van der Waals surface area contributed by atoms with Crippen LogP contribution in [0.1, 0.15) is 25.7 Å². The average Bonchev–Trinajstić information content (AvgIpc) is 2.43. The summed E-state index contributed by atoms with van der Waals surface area (Å²) >= 11 is 9.18. The molecule has 0 saturated carbocycles. The van der Waals surface area contributed by atoms with Crippen LogP contribution < -0.4 is 5.73 Å². The molecule has 1 atom stereocenters. The van der Waals surface area contributed by atoms with Crippen molar-refractivity contribution in [3.63, 3.8) is 0 Å². The van der Waals surface area contributed by atoms with Crippen LogP contribution in [0.25, 0.3) is 0 Å². The van der Waals surface area contributed by atoms with E-state index in [1.165, 1.54) is 16.4 Å². The second-order valence-electron chi connectivity index (χ2n) is 5.08. The van der Waals surface area contributed by atoms with Gasteiger partial charge in [0.2, 0.25) is 10.0 Å². The summed E-state index contributed by atoms with van der Waals surface area (Å²) in [4.78, 5) is 0.0809. The van der Waals surface area contributed by atoms with Crippen LogP contribution in [0.5, 0.6) is 0 Å². The molecule has 1 aliphatic heterocycles. The molecule has 8 heteroatoms. The topological polar surface area (TPSA) is 83.6 Å². The molecule has 1 aromatic carbocycles. The second kappa shape index (κ2) is 6.83. The Morgan fingerprint density at radius 2 is 2.14 bits per heavy atom. The lowest BCUT2D eigenvalue weighted by Crippen LogP contribution is -2.44. The lowest BCUT2D eigenvalue weighted by atomic mass is 10.0. The maximum atomic E-state index is 12.9. The number of aliphatic hydroxyl groups is 1. The highest BCUT2D eigenvalue weighted by molar-refractivity contribution is 9.10. The van der Waals surface area contributed by atoms with Gasteiger partial charge in [0.15, 0.2) is 0 Å². The van der Waals surface area contributed by atoms with E-state index < -0.39 is 10.0 Å². The van der Waals surface area contributed by atoms with E-state index in [1.807, 2.05) is 0 Å². The van der Waals surface area contributed by atoms with Crippen molar-refractivity contribution in [3.05, 3.63) is 21.6 Å². The SMILES string of the molecule is Nc1cc(Cl)cc(S(=O)(=O)N2CCCCC2CCO)c1Br. The highest BCUT2D eigenvalue weighted by Crippen LogP contribution is 2.35. The van der Waals surface area contributed by atoms with Gasteiger partial charge in [-0.2, -0.15) is 4.31 Å². The molecule has 1 aromatic rings. The zero-order chi connectivity index (χ0) is 15.6. The van der Waals surface area contributed by atoms with Crippen LogP contribution in [0.2, 0.25) is 5.02 Å². The molecule has 3 N–H and O–H groups in total. The van der Waals surface area contributed by atoms with Crippen molar-refractivity contribution in [1.29, 1.82) is 0 Å². The molecule has 0 bridgehead atoms. The van der Waals surface area contributed by atoms with Gasteiger partial charge < -0.3 is 10.8 Å². The predicted molar refractivity (Wildman–Crippen MR) is 86.8 cm³/mol. The number of nitrogens with zero attached hydrogens (tertiary/aromatic N) is 1. The molecule has 21 heavy (non-hydrogen) atoms. The van der Waals surface area contributed by atoms with Gasteiger partial charge in [-0.15, -0.1) is 0 Å². The third-order valence-corrected chi connectivity index (χ3v) is 7.00. The van der Waals surface area contributed by atoms with E-state index in [0.717, 1.165) is 19.3 Å². The lowest BCUT2D eigenvalue weighted by molar-refractivity contribution is 0.192. The van der Waals surface area contributed by atoms with Crippen LogP contribution in [0.15, 0.2) is 21.5 Å². The van der Waals surface area contributed by atoms with Crippen LogP contribution in [0.3, 0.4) is 0 Å². The van der Waals surface area contributed by atoms with Gasteiger partial charge in [0.05, 0.1) is 9.37 Å². The maximum Gasteiger partial charge on any atom is 0.244 e. The number of rotatable bonds is 4. The van der Waals surface area contributed by atoms with Crippen molar-refractivity contribution in [2.75, 3.05) is 18.9 Å². The summed E-state index contributed by atoms with van der Waals surface area (Å²) in [6.07, 6.45) is 2.98. The van der Waals surface area contributed by atoms with Gasteiger partial charge in [0.25, 0.3) is 0 Å². The first-order valence-electron chi connectivity index (χ1n) is 6.75. The van der Waals surface area contributed by atoms with Gasteiger partial charge in [0, 0.05) is 29.9 Å². The summed E-state index contributed by atoms with van der Waals surface area (Å²) in [5.74, 6) is 0. The van der Waals surface area contributed by atoms with Crippen molar-refractivity contribution < 1.29 is 13.5 Å². The Bertz CT molecular complexity index is 622. The minimum absolute atomic E-state index is 0.0322. The quantitative estimate of drug-likeness (QED) is 0.765. The zero-order valence-corrected chi connectivity index (χ0v) is 14.6. The molecule has 1 aliphatic rings. The third kappa shape index (κ3) is 3.53. The number of benzene rings is 1. The van der Waals surface area contributed by atoms with E-state index >= 15 is 0 Å². The van der Waals surface area contributed by atoms with Gasteiger partial charge in [-0.05, 0) is 47.3 Å². The Kier molecular flexibility index (Phi) is 5.54. The number of nitrogens with two attached hydrogens (primary N) is 1. The Labute approximate surface area is 138 Å². The fraction of sp³-hybridized carbons (Fsp3) is 0.538. The summed E-state index contributed by atoms with van der Waals surface area (Å²) in [5.41, 5.74) is 6.08. The molecule has 0 aromatic heterocycles. The van der Waals surface area contributed by atoms with Gasteiger partial charge >= 0.3 is 0 Å². The second-order valence-corrected chi connectivity index (χ2v) is 8.17. The molecule has 118 valence electrons. The largest absolute Gasteiger partial charge is 0.398 e. The Morgan fingerprint density at radius 3 is 2.81 bits per heavy atom. The molecule has 1 fully saturated rings. The van der Waals surface area contributed by atoms with Gasteiger partial charge in [0.1, 0.15) is 0 Å². The first-order chi connectivity index (χ1) is 9.87. The molecule has 0 amide bonds. The van der Waals surface area contributed by atoms with Crippen molar-refractivity contribution in [1.82, 2.24) is 4.31 Å². The standard InChI is InChI=1S/C13H18BrClN2O3S/c14-13-11(16)7-9(15)8-12(13)21(19,20)17-5-2-1-3-10(17)4-6-18/h7-8,10,18H,1-6,16H2. The van der Waals surface area contributed by atoms with Crippen LogP contribution in [0.4, 0.5) is 5.69 Å². The molecule has 0 spiro atoms. The fourth-order valence-corrected chi connectivity index (χ4v) is 5.61. The normalized spacial score (nSPS) is 20.6. The summed E-state index contributed by atoms with van der Waals surface area (Å²) in [6, 6.07) is 2.73. The first-order valence-corrected chi connectivity index (χ1v) is 9.36. The maximum absolute atomic E-state index is 12.9. The van der Waals surface area contributed by atoms with Crippen LogP contribution >= 0.6 is 27.5 Å². The van der Waals surface area contributed by atoms with Gasteiger partial charge in [-0.1, -0.05) is 18.0 Å². The number of halogens is 2. The van der Waals surface area contributed by atoms with Crippen LogP contribution in [0, 0.1) is 0 Å². The molecule has 1 saturated heterocycles. The predicted octanol–water partition coefficient (Wildman–Crippen LogP) is 2.61. The zero-order valence-electron chi connectivity index (χ0n) is 11.4. The lowest BCUT2D eigenvalue weighted by Gasteiger charge is -2.34. The van der Waals surface area contributed by atoms with E-state index in [-0.39, 0.29) is 28.3 Å². The van der Waals surface area contributed by atoms with E-state index in [2.05, 4.69) is 15.9 Å². The van der Waals surface area contributed by atoms with Gasteiger partial charge in [-0.3, -0.25) is 0 Å². The number of aliphatic hydroxyl groups excluding tert-OH is 1. The Hall–Kier alpha value is -0.340. The van der Waals surface area contributed by atoms with Crippen molar-refractivity contribution in [2.45, 2.75) is 36.6 Å². The highest BCUT2D eigenvalue weighted by Gasteiger charge is 2.34. The average molecular weight is 398 g/mol. The smallest absolute Gasteiger partial charge is 0.244 e. The molecule has 2 rings (SSSR count). The number of sulfonamides is 1. The molecule has 0 radical (unpaired) electrons. The number of nitrogen functional groups attached to an aromatic ring is 1. The third-order valence-electron chi connectivity index (χ3n) is 3.65. The van der Waals surface area contributed by atoms with E-state index in [0.29, 0.717) is 17.4 Å². The Balaban J connectivity index is 2.45. The van der Waals surface area contributed by atoms with E-state index in [9.17, 15) is 8.42 Å². The number of hydrogen-bond donors (Lipinski definition) is 2. The summed E-state index contributed by atoms with van der Waals surface area (Å²) in [6.45, 7) is 0.418. The molecule has 0 aliphatic carbocycles. The van der Waals surface area contributed by atoms with Crippen LogP contribution in [-0.4, -0.2) is 37.0 Å².